The number of fused-ring (bicyclic) bond motifs is 18. The van der Waals surface area contributed by atoms with Crippen LogP contribution in [0.1, 0.15) is 86.9 Å². The molecule has 15 aromatic rings. The van der Waals surface area contributed by atoms with Gasteiger partial charge in [0, 0.05) is 45.7 Å². The molecule has 3 aliphatic rings. The highest BCUT2D eigenvalue weighted by Gasteiger charge is 2.32. The quantitative estimate of drug-likeness (QED) is 0.166. The van der Waals surface area contributed by atoms with E-state index in [9.17, 15) is 0 Å². The standard InChI is InChI=1S/2C27H24N3.C26H22N3/c2*1-16-9-10-20-19(13-16)11-12-29(4)27(20)22-14-25-21(17(2)18(22)3)15-26-28-23-7-5-6-8-24(23)30(25)26;1-16-17(2)21(26-19-9-5-4-8-18(19)12-13-28(26)3)14-24-20(16)15-25-27-22-10-6-7-11-23(22)29(24)25/h2*5-14H,15H2,1-4H3;4-14H,15H2,1-3H3/q3*+1/i2D3;;1D3. The number of pyridine rings is 3. The first-order valence-corrected chi connectivity index (χ1v) is 30.6. The van der Waals surface area contributed by atoms with Gasteiger partial charge in [-0.2, -0.15) is 0 Å². The number of aryl methyl sites for hydroxylation is 5. The Kier molecular flexibility index (Phi) is 10.9. The lowest BCUT2D eigenvalue weighted by molar-refractivity contribution is -0.659. The smallest absolute Gasteiger partial charge is 0.220 e. The number of hydrogen-bond donors (Lipinski definition) is 0. The van der Waals surface area contributed by atoms with Crippen molar-refractivity contribution in [3.8, 4) is 50.8 Å². The molecule has 0 radical (unpaired) electrons. The van der Waals surface area contributed by atoms with Crippen molar-refractivity contribution >= 4 is 65.4 Å². The number of benzene rings is 9. The second-order valence-corrected chi connectivity index (χ2v) is 24.7. The maximum Gasteiger partial charge on any atom is 0.220 e. The van der Waals surface area contributed by atoms with Crippen molar-refractivity contribution in [3.63, 3.8) is 0 Å². The molecule has 9 heterocycles. The van der Waals surface area contributed by atoms with Gasteiger partial charge in [-0.05, 0) is 194 Å². The molecular weight excluding hydrogens is 1090 g/mol. The zero-order valence-corrected chi connectivity index (χ0v) is 51.5. The average molecular weight is 1160 g/mol. The van der Waals surface area contributed by atoms with Crippen LogP contribution in [0.15, 0.2) is 188 Å². The van der Waals surface area contributed by atoms with Gasteiger partial charge in [-0.25, -0.2) is 28.7 Å². The molecule has 18 rings (SSSR count). The predicted molar refractivity (Wildman–Crippen MR) is 362 cm³/mol. The molecule has 0 amide bonds. The molecule has 0 fully saturated rings. The van der Waals surface area contributed by atoms with Gasteiger partial charge in [-0.1, -0.05) is 90.0 Å². The van der Waals surface area contributed by atoms with Crippen molar-refractivity contribution in [2.24, 2.45) is 21.1 Å². The first-order valence-electron chi connectivity index (χ1n) is 33.6. The second-order valence-electron chi connectivity index (χ2n) is 24.7. The van der Waals surface area contributed by atoms with E-state index in [0.29, 0.717) is 24.0 Å². The van der Waals surface area contributed by atoms with Crippen LogP contribution in [0.2, 0.25) is 0 Å². The Hall–Kier alpha value is -10.4. The molecule has 0 saturated carbocycles. The summed E-state index contributed by atoms with van der Waals surface area (Å²) in [7, 11) is 6.19. The molecule has 3 aliphatic heterocycles. The third-order valence-corrected chi connectivity index (χ3v) is 19.4. The van der Waals surface area contributed by atoms with Crippen LogP contribution in [0, 0.1) is 55.2 Å². The van der Waals surface area contributed by atoms with Gasteiger partial charge in [-0.3, -0.25) is 13.7 Å². The van der Waals surface area contributed by atoms with E-state index >= 15 is 0 Å². The number of imidazole rings is 3. The molecule has 9 heteroatoms. The first-order chi connectivity index (χ1) is 45.6. The van der Waals surface area contributed by atoms with Crippen LogP contribution in [-0.4, -0.2) is 28.7 Å². The van der Waals surface area contributed by atoms with Crippen LogP contribution < -0.4 is 13.7 Å². The van der Waals surface area contributed by atoms with Crippen LogP contribution >= 0.6 is 0 Å². The Morgan fingerprint density at radius 2 is 0.685 bits per heavy atom. The lowest BCUT2D eigenvalue weighted by atomic mass is 9.91. The molecule has 0 spiro atoms. The van der Waals surface area contributed by atoms with Crippen LogP contribution in [-0.2, 0) is 40.4 Å². The van der Waals surface area contributed by atoms with Crippen molar-refractivity contribution in [2.75, 3.05) is 0 Å². The van der Waals surface area contributed by atoms with Gasteiger partial charge < -0.3 is 0 Å². The summed E-state index contributed by atoms with van der Waals surface area (Å²) in [5.74, 6) is 2.93. The molecule has 0 unspecified atom stereocenters. The van der Waals surface area contributed by atoms with Gasteiger partial charge in [0.1, 0.15) is 38.6 Å². The van der Waals surface area contributed by atoms with Gasteiger partial charge in [0.2, 0.25) is 17.1 Å². The molecule has 432 valence electrons. The van der Waals surface area contributed by atoms with Crippen molar-refractivity contribution in [1.29, 1.82) is 0 Å². The topological polar surface area (TPSA) is 65.1 Å². The van der Waals surface area contributed by atoms with Gasteiger partial charge in [-0.15, -0.1) is 0 Å². The lowest BCUT2D eigenvalue weighted by Gasteiger charge is -2.15. The molecule has 89 heavy (non-hydrogen) atoms. The highest BCUT2D eigenvalue weighted by atomic mass is 15.1. The molecule has 9 nitrogen and oxygen atoms in total. The highest BCUT2D eigenvalue weighted by molar-refractivity contribution is 5.98. The van der Waals surface area contributed by atoms with Crippen LogP contribution in [0.4, 0.5) is 0 Å². The molecule has 0 aliphatic carbocycles. The summed E-state index contributed by atoms with van der Waals surface area (Å²) in [6, 6.07) is 59.1. The van der Waals surface area contributed by atoms with E-state index in [1.165, 1.54) is 61.1 Å². The first kappa shape index (κ1) is 47.7. The minimum atomic E-state index is -2.22. The van der Waals surface area contributed by atoms with E-state index < -0.39 is 13.7 Å². The number of nitrogens with zero attached hydrogens (tertiary/aromatic N) is 9. The van der Waals surface area contributed by atoms with Gasteiger partial charge in [0.05, 0.1) is 83.0 Å². The maximum atomic E-state index is 8.41. The summed E-state index contributed by atoms with van der Waals surface area (Å²) in [5.41, 5.74) is 26.7. The Balaban J connectivity index is 0.000000113. The van der Waals surface area contributed by atoms with Crippen molar-refractivity contribution in [3.05, 3.63) is 267 Å². The molecule has 9 aromatic carbocycles. The van der Waals surface area contributed by atoms with E-state index in [1.54, 1.807) is 0 Å². The Morgan fingerprint density at radius 1 is 0.348 bits per heavy atom. The molecule has 6 aromatic heterocycles. The van der Waals surface area contributed by atoms with Crippen molar-refractivity contribution < 1.29 is 21.9 Å². The number of aromatic nitrogens is 9. The summed E-state index contributed by atoms with van der Waals surface area (Å²) < 4.78 is 63.4. The fourth-order valence-electron chi connectivity index (χ4n) is 14.7. The molecule has 0 N–H and O–H groups in total. The Bertz CT molecular complexity index is 5800. The van der Waals surface area contributed by atoms with Crippen molar-refractivity contribution in [2.45, 2.75) is 74.5 Å². The lowest BCUT2D eigenvalue weighted by Crippen LogP contribution is -2.31. The number of hydrogen-bond acceptors (Lipinski definition) is 3. The van der Waals surface area contributed by atoms with E-state index in [4.69, 9.17) is 23.2 Å². The summed E-state index contributed by atoms with van der Waals surface area (Å²) in [5, 5.41) is 7.07. The van der Waals surface area contributed by atoms with E-state index in [0.717, 1.165) is 129 Å². The summed E-state index contributed by atoms with van der Waals surface area (Å²) in [6.45, 7) is 8.23. The Morgan fingerprint density at radius 3 is 1.09 bits per heavy atom. The minimum absolute atomic E-state index is 0.451. The van der Waals surface area contributed by atoms with Crippen LogP contribution in [0.25, 0.3) is 116 Å². The SMILES string of the molecule is Cc1ccc2c(-c3cc4c(c(C)c3C)Cc3nc5ccccc5n3-4)[n+](C)ccc2c1.[2H]C([2H])([2H])c1c(C)c(-c2c3ccc(C)cc3cc[n+]2C)cc2c1Cc1nc3ccccc3n1-2.[2H]C([2H])([2H])c1c(C)c(-c2c3ccccc3cc[n+]2C)cc2c1Cc1nc3ccccc3n1-2. The second kappa shape index (κ2) is 20.4. The molecule has 0 bridgehead atoms. The fraction of sp³-hybridized carbons (Fsp3) is 0.175. The largest absolute Gasteiger partial charge is 0.296 e. The van der Waals surface area contributed by atoms with Crippen LogP contribution in [0.3, 0.4) is 0 Å². The minimum Gasteiger partial charge on any atom is -0.296 e. The third kappa shape index (κ3) is 8.35. The summed E-state index contributed by atoms with van der Waals surface area (Å²) in [6.07, 6.45) is 8.23. The van der Waals surface area contributed by atoms with Gasteiger partial charge in [0.15, 0.2) is 18.6 Å². The van der Waals surface area contributed by atoms with Gasteiger partial charge >= 0.3 is 0 Å². The molecular formula is C80H70N9+3. The molecule has 0 saturated heterocycles. The van der Waals surface area contributed by atoms with E-state index in [-0.39, 0.29) is 0 Å². The fourth-order valence-corrected chi connectivity index (χ4v) is 14.7. The Labute approximate surface area is 527 Å². The summed E-state index contributed by atoms with van der Waals surface area (Å²) >= 11 is 0. The average Bonchev–Trinajstić information content (AvgIpc) is 1.62. The highest BCUT2D eigenvalue weighted by Crippen LogP contribution is 2.44. The zero-order chi connectivity index (χ0) is 65.8. The number of rotatable bonds is 3. The molecule has 0 atom stereocenters. The van der Waals surface area contributed by atoms with Crippen LogP contribution in [0.5, 0.6) is 0 Å². The third-order valence-electron chi connectivity index (χ3n) is 19.4. The van der Waals surface area contributed by atoms with E-state index in [1.807, 2.05) is 88.7 Å². The summed E-state index contributed by atoms with van der Waals surface area (Å²) in [4.78, 5) is 14.5. The normalized spacial score (nSPS) is 13.8. The zero-order valence-electron chi connectivity index (χ0n) is 57.5. The maximum absolute atomic E-state index is 8.41. The monoisotopic (exact) mass is 1160 g/mol. The van der Waals surface area contributed by atoms with Crippen molar-refractivity contribution in [1.82, 2.24) is 28.7 Å². The predicted octanol–water partition coefficient (Wildman–Crippen LogP) is 16.2. The van der Waals surface area contributed by atoms with Gasteiger partial charge in [0.25, 0.3) is 0 Å². The van der Waals surface area contributed by atoms with E-state index in [2.05, 4.69) is 190 Å². The number of para-hydroxylation sites is 6.